The first-order valence-corrected chi connectivity index (χ1v) is 31.1. The molecule has 78 heavy (non-hydrogen) atoms. The van der Waals surface area contributed by atoms with Gasteiger partial charge in [-0.2, -0.15) is 0 Å². The van der Waals surface area contributed by atoms with Crippen LogP contribution in [0, 0.1) is 0 Å². The van der Waals surface area contributed by atoms with E-state index >= 15 is 0 Å². The van der Waals surface area contributed by atoms with E-state index in [4.69, 9.17) is 56.8 Å². The first-order chi connectivity index (χ1) is 38.7. The molecule has 0 saturated carbocycles. The van der Waals surface area contributed by atoms with Gasteiger partial charge in [-0.25, -0.2) is 0 Å². The highest BCUT2D eigenvalue weighted by Crippen LogP contribution is 2.48. The molecule has 0 spiro atoms. The van der Waals surface area contributed by atoms with Crippen LogP contribution in [-0.4, -0.2) is 132 Å². The lowest BCUT2D eigenvalue weighted by atomic mass is 10.1. The topological polar surface area (TPSA) is 111 Å². The number of thiophene rings is 6. The van der Waals surface area contributed by atoms with E-state index in [1.54, 1.807) is 22.7 Å². The van der Waals surface area contributed by atoms with Crippen molar-refractivity contribution in [3.05, 3.63) is 130 Å². The normalized spacial score (nSPS) is 16.9. The molecule has 18 heteroatoms. The minimum absolute atomic E-state index is 0.377. The molecule has 410 valence electrons. The molecular weight excluding hydrogens is 1110 g/mol. The van der Waals surface area contributed by atoms with E-state index in [2.05, 4.69) is 108 Å². The third-order valence-electron chi connectivity index (χ3n) is 12.0. The SMILES string of the molecule is C(=C\c1cc(-c2cccs2)sc1-c1ccc(-c2ccc(-c3sc(-c4cccs4)cc3/C=C/c3ccc4c(c3)OCCOCCOCCOCCOCCO4)s2)s1)/c1ccc2c(c1)OCCOCCOCCOCCOCCO2. The minimum Gasteiger partial charge on any atom is -0.487 e. The standard InChI is InChI=1S/C60H62O12S6/c1-3-51(73-37-1)57-41-45(9-5-43-7-11-47-49(39-43)71-35-31-67-27-23-63-19-17-61-21-25-65-29-33-69-47)59(77-57)55-15-13-53(75-55)54-14-16-56(76-54)60-46(42-58(78-60)52-4-2-38-74-52)10-6-44-8-12-48-50(40-44)72-36-32-68-28-24-64-20-18-62-22-26-66-30-34-70-48/h1-16,37-42H,17-36H2/b9-5+,10-6+. The van der Waals surface area contributed by atoms with Crippen molar-refractivity contribution in [3.63, 3.8) is 0 Å². The van der Waals surface area contributed by atoms with Gasteiger partial charge >= 0.3 is 0 Å². The maximum absolute atomic E-state index is 6.25. The van der Waals surface area contributed by atoms with Gasteiger partial charge in [-0.3, -0.25) is 0 Å². The molecule has 0 amide bonds. The van der Waals surface area contributed by atoms with Gasteiger partial charge in [-0.15, -0.1) is 68.0 Å². The molecule has 0 aliphatic carbocycles. The lowest BCUT2D eigenvalue weighted by Gasteiger charge is -2.14. The Hall–Kier alpha value is -5.00. The Bertz CT molecular complexity index is 2890. The number of rotatable bonds is 9. The van der Waals surface area contributed by atoms with Crippen molar-refractivity contribution in [3.8, 4) is 71.8 Å². The quantitative estimate of drug-likeness (QED) is 0.137. The van der Waals surface area contributed by atoms with E-state index in [9.17, 15) is 0 Å². The predicted octanol–water partition coefficient (Wildman–Crippen LogP) is 14.4. The van der Waals surface area contributed by atoms with Gasteiger partial charge in [0.1, 0.15) is 26.4 Å². The summed E-state index contributed by atoms with van der Waals surface area (Å²) in [5, 5.41) is 4.27. The first-order valence-electron chi connectivity index (χ1n) is 26.0. The molecule has 0 unspecified atom stereocenters. The Balaban J connectivity index is 0.869. The maximum Gasteiger partial charge on any atom is 0.161 e. The second-order valence-corrected chi connectivity index (χ2v) is 23.6. The monoisotopic (exact) mass is 1170 g/mol. The molecule has 0 saturated heterocycles. The minimum atomic E-state index is 0.377. The average Bonchev–Trinajstić information content (AvgIpc) is 4.43. The van der Waals surface area contributed by atoms with E-state index < -0.39 is 0 Å². The van der Waals surface area contributed by atoms with E-state index in [-0.39, 0.29) is 0 Å². The Morgan fingerprint density at radius 1 is 0.269 bits per heavy atom. The van der Waals surface area contributed by atoms with Gasteiger partial charge in [-0.05, 0) is 106 Å². The summed E-state index contributed by atoms with van der Waals surface area (Å²) in [4.78, 5) is 12.3. The number of benzene rings is 2. The van der Waals surface area contributed by atoms with E-state index in [0.717, 1.165) is 22.3 Å². The molecule has 6 aromatic heterocycles. The summed E-state index contributed by atoms with van der Waals surface area (Å²) in [6.07, 6.45) is 8.73. The van der Waals surface area contributed by atoms with Crippen LogP contribution >= 0.6 is 68.0 Å². The highest BCUT2D eigenvalue weighted by molar-refractivity contribution is 7.30. The average molecular weight is 1170 g/mol. The molecule has 0 bridgehead atoms. The van der Waals surface area contributed by atoms with E-state index in [0.29, 0.717) is 155 Å². The van der Waals surface area contributed by atoms with Crippen molar-refractivity contribution >= 4 is 92.3 Å². The summed E-state index contributed by atoms with van der Waals surface area (Å²) in [7, 11) is 0. The van der Waals surface area contributed by atoms with Crippen LogP contribution in [0.2, 0.25) is 0 Å². The van der Waals surface area contributed by atoms with E-state index in [1.165, 1.54) is 48.8 Å². The van der Waals surface area contributed by atoms with Crippen molar-refractivity contribution in [2.45, 2.75) is 0 Å². The lowest BCUT2D eigenvalue weighted by Crippen LogP contribution is -2.16. The predicted molar refractivity (Wildman–Crippen MR) is 320 cm³/mol. The summed E-state index contributed by atoms with van der Waals surface area (Å²) in [5.74, 6) is 2.63. The number of ether oxygens (including phenoxy) is 12. The summed E-state index contributed by atoms with van der Waals surface area (Å²) in [5.41, 5.74) is 4.31. The van der Waals surface area contributed by atoms with Gasteiger partial charge in [0.05, 0.1) is 115 Å². The van der Waals surface area contributed by atoms with Gasteiger partial charge in [0.25, 0.3) is 0 Å². The first kappa shape index (κ1) is 56.3. The van der Waals surface area contributed by atoms with Crippen molar-refractivity contribution in [2.75, 3.05) is 132 Å². The molecule has 8 heterocycles. The Labute approximate surface area is 479 Å². The van der Waals surface area contributed by atoms with Crippen molar-refractivity contribution in [1.29, 1.82) is 0 Å². The zero-order valence-corrected chi connectivity index (χ0v) is 48.1. The van der Waals surface area contributed by atoms with Crippen molar-refractivity contribution in [1.82, 2.24) is 0 Å². The van der Waals surface area contributed by atoms with Crippen LogP contribution in [0.15, 0.2) is 108 Å². The lowest BCUT2D eigenvalue weighted by molar-refractivity contribution is -0.00841. The smallest absolute Gasteiger partial charge is 0.161 e. The molecule has 2 aromatic carbocycles. The van der Waals surface area contributed by atoms with Crippen LogP contribution in [0.5, 0.6) is 23.0 Å². The Morgan fingerprint density at radius 3 is 0.949 bits per heavy atom. The molecule has 8 aromatic rings. The molecular formula is C60H62O12S6. The zero-order valence-electron chi connectivity index (χ0n) is 43.2. The molecule has 12 nitrogen and oxygen atoms in total. The largest absolute Gasteiger partial charge is 0.487 e. The second kappa shape index (κ2) is 30.5. The van der Waals surface area contributed by atoms with Crippen LogP contribution in [0.25, 0.3) is 73.1 Å². The summed E-state index contributed by atoms with van der Waals surface area (Å²) < 4.78 is 70.2. The van der Waals surface area contributed by atoms with Gasteiger partial charge < -0.3 is 56.8 Å². The molecule has 0 fully saturated rings. The van der Waals surface area contributed by atoms with Gasteiger partial charge in [0.2, 0.25) is 0 Å². The highest BCUT2D eigenvalue weighted by atomic mass is 32.1. The van der Waals surface area contributed by atoms with Gasteiger partial charge in [-0.1, -0.05) is 48.6 Å². The fourth-order valence-electron chi connectivity index (χ4n) is 8.17. The molecule has 0 radical (unpaired) electrons. The fraction of sp³-hybridized carbons (Fsp3) is 0.333. The number of hydrogen-bond donors (Lipinski definition) is 0. The van der Waals surface area contributed by atoms with Crippen molar-refractivity contribution < 1.29 is 56.8 Å². The van der Waals surface area contributed by atoms with Gasteiger partial charge in [0.15, 0.2) is 23.0 Å². The number of fused-ring (bicyclic) bond motifs is 2. The van der Waals surface area contributed by atoms with Crippen LogP contribution in [0.4, 0.5) is 0 Å². The summed E-state index contributed by atoms with van der Waals surface area (Å²) in [6, 6.07) is 34.4. The Morgan fingerprint density at radius 2 is 0.603 bits per heavy atom. The van der Waals surface area contributed by atoms with Crippen LogP contribution in [-0.2, 0) is 37.9 Å². The fourth-order valence-corrected chi connectivity index (χ4v) is 14.5. The maximum atomic E-state index is 6.25. The summed E-state index contributed by atoms with van der Waals surface area (Å²) in [6.45, 7) is 9.31. The molecule has 10 rings (SSSR count). The zero-order chi connectivity index (χ0) is 52.8. The second-order valence-electron chi connectivity index (χ2n) is 17.4. The number of hydrogen-bond acceptors (Lipinski definition) is 18. The molecule has 2 aliphatic rings. The molecule has 0 atom stereocenters. The Kier molecular flexibility index (Phi) is 22.0. The van der Waals surface area contributed by atoms with Crippen molar-refractivity contribution in [2.24, 2.45) is 0 Å². The highest BCUT2D eigenvalue weighted by Gasteiger charge is 2.19. The van der Waals surface area contributed by atoms with E-state index in [1.807, 2.05) is 69.6 Å². The third-order valence-corrected chi connectivity index (χ3v) is 19.1. The molecule has 0 N–H and O–H groups in total. The van der Waals surface area contributed by atoms with Crippen LogP contribution in [0.1, 0.15) is 22.3 Å². The third kappa shape index (κ3) is 16.5. The molecule has 2 aliphatic heterocycles. The van der Waals surface area contributed by atoms with Crippen LogP contribution in [0.3, 0.4) is 0 Å². The van der Waals surface area contributed by atoms with Gasteiger partial charge in [0, 0.05) is 39.0 Å². The summed E-state index contributed by atoms with van der Waals surface area (Å²) >= 11 is 10.8. The van der Waals surface area contributed by atoms with Crippen LogP contribution < -0.4 is 18.9 Å².